The van der Waals surface area contributed by atoms with E-state index in [-0.39, 0.29) is 6.04 Å². The standard InChI is InChI=1S/C16H16ClNO/c1-11(12-3-2-4-14(17)9-12)18-15-5-6-16-13(10-15)7-8-19-16/h2-6,9-11,18H,7-8H2,1H3. The SMILES string of the molecule is CC(Nc1ccc2c(c1)CCO2)c1cccc(Cl)c1. The summed E-state index contributed by atoms with van der Waals surface area (Å²) in [7, 11) is 0. The summed E-state index contributed by atoms with van der Waals surface area (Å²) >= 11 is 6.02. The van der Waals surface area contributed by atoms with E-state index in [2.05, 4.69) is 30.4 Å². The molecule has 98 valence electrons. The minimum atomic E-state index is 0.221. The predicted molar refractivity (Wildman–Crippen MR) is 79.1 cm³/mol. The van der Waals surface area contributed by atoms with E-state index in [0.29, 0.717) is 0 Å². The molecule has 0 aromatic heterocycles. The van der Waals surface area contributed by atoms with E-state index in [1.807, 2.05) is 24.3 Å². The molecule has 0 fully saturated rings. The summed E-state index contributed by atoms with van der Waals surface area (Å²) in [5, 5.41) is 4.27. The molecule has 1 N–H and O–H groups in total. The van der Waals surface area contributed by atoms with Gasteiger partial charge in [0, 0.05) is 23.2 Å². The van der Waals surface area contributed by atoms with Crippen LogP contribution in [0.15, 0.2) is 42.5 Å². The molecule has 0 radical (unpaired) electrons. The molecule has 1 aliphatic rings. The smallest absolute Gasteiger partial charge is 0.122 e. The van der Waals surface area contributed by atoms with Gasteiger partial charge in [-0.25, -0.2) is 0 Å². The molecule has 2 aromatic carbocycles. The third kappa shape index (κ3) is 2.69. The van der Waals surface area contributed by atoms with Crippen LogP contribution in [0.1, 0.15) is 24.1 Å². The molecule has 0 aliphatic carbocycles. The molecule has 2 nitrogen and oxygen atoms in total. The van der Waals surface area contributed by atoms with Gasteiger partial charge in [0.2, 0.25) is 0 Å². The van der Waals surface area contributed by atoms with Gasteiger partial charge in [0.1, 0.15) is 5.75 Å². The highest BCUT2D eigenvalue weighted by atomic mass is 35.5. The van der Waals surface area contributed by atoms with Crippen LogP contribution in [0.5, 0.6) is 5.75 Å². The number of benzene rings is 2. The van der Waals surface area contributed by atoms with Crippen molar-refractivity contribution in [1.82, 2.24) is 0 Å². The van der Waals surface area contributed by atoms with Crippen molar-refractivity contribution in [2.75, 3.05) is 11.9 Å². The van der Waals surface area contributed by atoms with Gasteiger partial charge >= 0.3 is 0 Å². The Morgan fingerprint density at radius 2 is 2.11 bits per heavy atom. The number of anilines is 1. The van der Waals surface area contributed by atoms with Crippen LogP contribution in [0.4, 0.5) is 5.69 Å². The minimum absolute atomic E-state index is 0.221. The molecular weight excluding hydrogens is 258 g/mol. The average Bonchev–Trinajstić information content (AvgIpc) is 2.86. The molecule has 0 saturated carbocycles. The second-order valence-corrected chi connectivity index (χ2v) is 5.28. The fourth-order valence-corrected chi connectivity index (χ4v) is 2.58. The Morgan fingerprint density at radius 3 is 2.95 bits per heavy atom. The molecule has 1 heterocycles. The van der Waals surface area contributed by atoms with Gasteiger partial charge in [0.25, 0.3) is 0 Å². The highest BCUT2D eigenvalue weighted by molar-refractivity contribution is 6.30. The maximum Gasteiger partial charge on any atom is 0.122 e. The average molecular weight is 274 g/mol. The second-order valence-electron chi connectivity index (χ2n) is 4.84. The molecule has 0 saturated heterocycles. The molecule has 0 amide bonds. The van der Waals surface area contributed by atoms with Gasteiger partial charge in [-0.2, -0.15) is 0 Å². The predicted octanol–water partition coefficient (Wildman–Crippen LogP) is 4.45. The number of ether oxygens (including phenoxy) is 1. The maximum absolute atomic E-state index is 6.02. The third-order valence-electron chi connectivity index (χ3n) is 3.42. The van der Waals surface area contributed by atoms with Crippen LogP contribution in [-0.2, 0) is 6.42 Å². The number of nitrogens with one attached hydrogen (secondary N) is 1. The first-order valence-corrected chi connectivity index (χ1v) is 6.88. The number of hydrogen-bond acceptors (Lipinski definition) is 2. The molecule has 3 heteroatoms. The number of fused-ring (bicyclic) bond motifs is 1. The van der Waals surface area contributed by atoms with Crippen molar-refractivity contribution in [3.63, 3.8) is 0 Å². The van der Waals surface area contributed by atoms with Crippen molar-refractivity contribution in [3.05, 3.63) is 58.6 Å². The molecule has 2 aromatic rings. The first-order valence-electron chi connectivity index (χ1n) is 6.50. The molecule has 19 heavy (non-hydrogen) atoms. The summed E-state index contributed by atoms with van der Waals surface area (Å²) in [6, 6.07) is 14.4. The lowest BCUT2D eigenvalue weighted by Crippen LogP contribution is -2.06. The molecule has 1 unspecified atom stereocenters. The molecular formula is C16H16ClNO. The van der Waals surface area contributed by atoms with E-state index in [1.165, 1.54) is 11.1 Å². The van der Waals surface area contributed by atoms with Crippen LogP contribution >= 0.6 is 11.6 Å². The van der Waals surface area contributed by atoms with Crippen LogP contribution in [-0.4, -0.2) is 6.61 Å². The summed E-state index contributed by atoms with van der Waals surface area (Å²) in [4.78, 5) is 0. The highest BCUT2D eigenvalue weighted by Crippen LogP contribution is 2.29. The Morgan fingerprint density at radius 1 is 1.21 bits per heavy atom. The Balaban J connectivity index is 1.77. The van der Waals surface area contributed by atoms with Crippen LogP contribution in [0, 0.1) is 0 Å². The van der Waals surface area contributed by atoms with Gasteiger partial charge in [-0.1, -0.05) is 23.7 Å². The lowest BCUT2D eigenvalue weighted by atomic mass is 10.1. The van der Waals surface area contributed by atoms with Gasteiger partial charge in [-0.05, 0) is 48.4 Å². The number of hydrogen-bond donors (Lipinski definition) is 1. The minimum Gasteiger partial charge on any atom is -0.493 e. The zero-order valence-corrected chi connectivity index (χ0v) is 11.6. The summed E-state index contributed by atoms with van der Waals surface area (Å²) in [6.07, 6.45) is 0.996. The Hall–Kier alpha value is -1.67. The van der Waals surface area contributed by atoms with Gasteiger partial charge in [-0.3, -0.25) is 0 Å². The van der Waals surface area contributed by atoms with Gasteiger partial charge in [0.05, 0.1) is 6.61 Å². The Bertz CT molecular complexity index is 597. The van der Waals surface area contributed by atoms with Crippen LogP contribution in [0.2, 0.25) is 5.02 Å². The second kappa shape index (κ2) is 5.14. The largest absolute Gasteiger partial charge is 0.493 e. The number of halogens is 1. The van der Waals surface area contributed by atoms with E-state index < -0.39 is 0 Å². The van der Waals surface area contributed by atoms with Crippen molar-refractivity contribution in [2.45, 2.75) is 19.4 Å². The normalized spacial score (nSPS) is 14.6. The topological polar surface area (TPSA) is 21.3 Å². The van der Waals surface area contributed by atoms with Gasteiger partial charge < -0.3 is 10.1 Å². The van der Waals surface area contributed by atoms with E-state index in [9.17, 15) is 0 Å². The first-order chi connectivity index (χ1) is 9.22. The molecule has 1 aliphatic heterocycles. The van der Waals surface area contributed by atoms with Gasteiger partial charge in [0.15, 0.2) is 0 Å². The van der Waals surface area contributed by atoms with Crippen molar-refractivity contribution in [2.24, 2.45) is 0 Å². The summed E-state index contributed by atoms with van der Waals surface area (Å²) in [6.45, 7) is 2.93. The van der Waals surface area contributed by atoms with Crippen LogP contribution < -0.4 is 10.1 Å². The molecule has 0 spiro atoms. The third-order valence-corrected chi connectivity index (χ3v) is 3.66. The van der Waals surface area contributed by atoms with Crippen LogP contribution in [0.3, 0.4) is 0 Å². The summed E-state index contributed by atoms with van der Waals surface area (Å²) in [5.74, 6) is 1.01. The van der Waals surface area contributed by atoms with Crippen molar-refractivity contribution < 1.29 is 4.74 Å². The number of rotatable bonds is 3. The quantitative estimate of drug-likeness (QED) is 0.892. The highest BCUT2D eigenvalue weighted by Gasteiger charge is 2.13. The summed E-state index contributed by atoms with van der Waals surface area (Å²) in [5.41, 5.74) is 3.59. The lowest BCUT2D eigenvalue weighted by Gasteiger charge is -2.16. The van der Waals surface area contributed by atoms with Crippen molar-refractivity contribution >= 4 is 17.3 Å². The monoisotopic (exact) mass is 273 g/mol. The van der Waals surface area contributed by atoms with E-state index in [0.717, 1.165) is 29.5 Å². The maximum atomic E-state index is 6.02. The Labute approximate surface area is 118 Å². The molecule has 1 atom stereocenters. The Kier molecular flexibility index (Phi) is 3.34. The fraction of sp³-hybridized carbons (Fsp3) is 0.250. The first kappa shape index (κ1) is 12.4. The zero-order chi connectivity index (χ0) is 13.2. The van der Waals surface area contributed by atoms with E-state index in [1.54, 1.807) is 0 Å². The van der Waals surface area contributed by atoms with E-state index >= 15 is 0 Å². The van der Waals surface area contributed by atoms with Crippen molar-refractivity contribution in [3.8, 4) is 5.75 Å². The molecule has 3 rings (SSSR count). The summed E-state index contributed by atoms with van der Waals surface area (Å²) < 4.78 is 5.51. The fourth-order valence-electron chi connectivity index (χ4n) is 2.39. The van der Waals surface area contributed by atoms with Crippen LogP contribution in [0.25, 0.3) is 0 Å². The van der Waals surface area contributed by atoms with E-state index in [4.69, 9.17) is 16.3 Å². The van der Waals surface area contributed by atoms with Gasteiger partial charge in [-0.15, -0.1) is 0 Å². The zero-order valence-electron chi connectivity index (χ0n) is 10.8. The van der Waals surface area contributed by atoms with Crippen molar-refractivity contribution in [1.29, 1.82) is 0 Å². The molecule has 0 bridgehead atoms. The lowest BCUT2D eigenvalue weighted by molar-refractivity contribution is 0.357.